The van der Waals surface area contributed by atoms with E-state index in [-0.39, 0.29) is 12.3 Å². The van der Waals surface area contributed by atoms with Crippen LogP contribution >= 0.6 is 0 Å². The normalized spacial score (nSPS) is 12.1. The van der Waals surface area contributed by atoms with E-state index in [1.165, 1.54) is 0 Å². The number of amides is 1. The van der Waals surface area contributed by atoms with Gasteiger partial charge in [-0.3, -0.25) is 9.59 Å². The Bertz CT molecular complexity index is 241. The molecule has 1 amide bonds. The molecule has 0 bridgehead atoms. The fourth-order valence-electron chi connectivity index (χ4n) is 2.01. The number of carboxylic acid groups (broad SMARTS) is 1. The van der Waals surface area contributed by atoms with Crippen molar-refractivity contribution in [1.82, 2.24) is 5.32 Å². The molecule has 0 aliphatic heterocycles. The van der Waals surface area contributed by atoms with Crippen LogP contribution in [0.3, 0.4) is 0 Å². The fraction of sp³-hybridized carbons (Fsp3) is 0.857. The molecule has 0 saturated carbocycles. The van der Waals surface area contributed by atoms with Crippen LogP contribution in [0.4, 0.5) is 0 Å². The van der Waals surface area contributed by atoms with E-state index in [0.29, 0.717) is 25.3 Å². The molecule has 0 radical (unpaired) electrons. The van der Waals surface area contributed by atoms with Gasteiger partial charge in [-0.1, -0.05) is 33.1 Å². The minimum atomic E-state index is -0.733. The van der Waals surface area contributed by atoms with Gasteiger partial charge in [0, 0.05) is 19.4 Å². The molecule has 0 aromatic heterocycles. The van der Waals surface area contributed by atoms with Crippen molar-refractivity contribution in [2.24, 2.45) is 5.92 Å². The Kier molecular flexibility index (Phi) is 10.4. The standard InChI is InChI=1S/C14H27NO3/c1-3-5-7-13(16)15-11-10-12(6-4-2)8-9-14(17)18/h12H,3-11H2,1-2H3,(H,15,16)(H,17,18). The molecular formula is C14H27NO3. The van der Waals surface area contributed by atoms with E-state index in [9.17, 15) is 9.59 Å². The summed E-state index contributed by atoms with van der Waals surface area (Å²) in [5.74, 6) is -0.203. The molecule has 0 aliphatic carbocycles. The molecule has 0 aromatic carbocycles. The third kappa shape index (κ3) is 10.1. The number of carbonyl (C=O) groups is 2. The van der Waals surface area contributed by atoms with Crippen LogP contribution < -0.4 is 5.32 Å². The maximum absolute atomic E-state index is 11.4. The highest BCUT2D eigenvalue weighted by atomic mass is 16.4. The van der Waals surface area contributed by atoms with Crippen LogP contribution in [0, 0.1) is 5.92 Å². The van der Waals surface area contributed by atoms with Gasteiger partial charge in [-0.05, 0) is 25.2 Å². The van der Waals surface area contributed by atoms with Crippen molar-refractivity contribution >= 4 is 11.9 Å². The van der Waals surface area contributed by atoms with Crippen molar-refractivity contribution in [3.05, 3.63) is 0 Å². The topological polar surface area (TPSA) is 66.4 Å². The van der Waals surface area contributed by atoms with Crippen molar-refractivity contribution in [3.8, 4) is 0 Å². The summed E-state index contributed by atoms with van der Waals surface area (Å²) in [6.07, 6.45) is 6.51. The zero-order chi connectivity index (χ0) is 13.8. The van der Waals surface area contributed by atoms with Gasteiger partial charge in [-0.2, -0.15) is 0 Å². The van der Waals surface area contributed by atoms with E-state index >= 15 is 0 Å². The van der Waals surface area contributed by atoms with Crippen LogP contribution in [0.15, 0.2) is 0 Å². The van der Waals surface area contributed by atoms with Crippen molar-refractivity contribution in [2.75, 3.05) is 6.54 Å². The van der Waals surface area contributed by atoms with Crippen molar-refractivity contribution < 1.29 is 14.7 Å². The summed E-state index contributed by atoms with van der Waals surface area (Å²) in [6.45, 7) is 4.84. The number of rotatable bonds is 11. The maximum atomic E-state index is 11.4. The molecule has 0 saturated heterocycles. The number of unbranched alkanes of at least 4 members (excludes halogenated alkanes) is 1. The van der Waals surface area contributed by atoms with Crippen LogP contribution in [0.25, 0.3) is 0 Å². The molecule has 4 nitrogen and oxygen atoms in total. The summed E-state index contributed by atoms with van der Waals surface area (Å²) in [5, 5.41) is 11.6. The monoisotopic (exact) mass is 257 g/mol. The van der Waals surface area contributed by atoms with Gasteiger partial charge in [0.15, 0.2) is 0 Å². The molecule has 0 fully saturated rings. The lowest BCUT2D eigenvalue weighted by Gasteiger charge is -2.15. The van der Waals surface area contributed by atoms with Gasteiger partial charge in [-0.25, -0.2) is 0 Å². The lowest BCUT2D eigenvalue weighted by Crippen LogP contribution is -2.25. The average molecular weight is 257 g/mol. The van der Waals surface area contributed by atoms with Gasteiger partial charge >= 0.3 is 5.97 Å². The number of carbonyl (C=O) groups excluding carboxylic acids is 1. The van der Waals surface area contributed by atoms with Crippen molar-refractivity contribution in [1.29, 1.82) is 0 Å². The molecule has 0 aliphatic rings. The van der Waals surface area contributed by atoms with E-state index in [4.69, 9.17) is 5.11 Å². The molecule has 4 heteroatoms. The Hall–Kier alpha value is -1.06. The van der Waals surface area contributed by atoms with E-state index in [0.717, 1.165) is 32.1 Å². The Labute approximate surface area is 110 Å². The minimum absolute atomic E-state index is 0.116. The van der Waals surface area contributed by atoms with Gasteiger partial charge in [0.25, 0.3) is 0 Å². The maximum Gasteiger partial charge on any atom is 0.303 e. The highest BCUT2D eigenvalue weighted by molar-refractivity contribution is 5.75. The predicted octanol–water partition coefficient (Wildman–Crippen LogP) is 2.96. The number of aliphatic carboxylic acids is 1. The molecule has 106 valence electrons. The fourth-order valence-corrected chi connectivity index (χ4v) is 2.01. The van der Waals surface area contributed by atoms with Crippen LogP contribution in [0.5, 0.6) is 0 Å². The minimum Gasteiger partial charge on any atom is -0.481 e. The molecular weight excluding hydrogens is 230 g/mol. The quantitative estimate of drug-likeness (QED) is 0.598. The first kappa shape index (κ1) is 16.9. The smallest absolute Gasteiger partial charge is 0.303 e. The second kappa shape index (κ2) is 11.1. The third-order valence-electron chi connectivity index (χ3n) is 3.10. The third-order valence-corrected chi connectivity index (χ3v) is 3.10. The predicted molar refractivity (Wildman–Crippen MR) is 72.4 cm³/mol. The SMILES string of the molecule is CCCCC(=O)NCCC(CCC)CCC(=O)O. The van der Waals surface area contributed by atoms with E-state index in [1.807, 2.05) is 0 Å². The van der Waals surface area contributed by atoms with Gasteiger partial charge < -0.3 is 10.4 Å². The lowest BCUT2D eigenvalue weighted by atomic mass is 9.94. The summed E-state index contributed by atoms with van der Waals surface area (Å²) < 4.78 is 0. The van der Waals surface area contributed by atoms with Crippen molar-refractivity contribution in [3.63, 3.8) is 0 Å². The molecule has 1 atom stereocenters. The van der Waals surface area contributed by atoms with E-state index in [2.05, 4.69) is 19.2 Å². The van der Waals surface area contributed by atoms with Crippen LogP contribution in [-0.4, -0.2) is 23.5 Å². The highest BCUT2D eigenvalue weighted by Gasteiger charge is 2.10. The summed E-state index contributed by atoms with van der Waals surface area (Å²) in [4.78, 5) is 21.9. The molecule has 0 aromatic rings. The Morgan fingerprint density at radius 3 is 2.33 bits per heavy atom. The lowest BCUT2D eigenvalue weighted by molar-refractivity contribution is -0.137. The summed E-state index contributed by atoms with van der Waals surface area (Å²) >= 11 is 0. The van der Waals surface area contributed by atoms with Gasteiger partial charge in [0.05, 0.1) is 0 Å². The zero-order valence-electron chi connectivity index (χ0n) is 11.7. The van der Waals surface area contributed by atoms with Gasteiger partial charge in [0.2, 0.25) is 5.91 Å². The first-order valence-corrected chi connectivity index (χ1v) is 7.08. The van der Waals surface area contributed by atoms with Crippen LogP contribution in [-0.2, 0) is 9.59 Å². The van der Waals surface area contributed by atoms with Crippen LogP contribution in [0.2, 0.25) is 0 Å². The molecule has 18 heavy (non-hydrogen) atoms. The average Bonchev–Trinajstić information content (AvgIpc) is 2.33. The van der Waals surface area contributed by atoms with E-state index in [1.54, 1.807) is 0 Å². The Morgan fingerprint density at radius 1 is 1.06 bits per heavy atom. The summed E-state index contributed by atoms with van der Waals surface area (Å²) in [6, 6.07) is 0. The summed E-state index contributed by atoms with van der Waals surface area (Å²) in [7, 11) is 0. The second-order valence-corrected chi connectivity index (χ2v) is 4.83. The number of hydrogen-bond donors (Lipinski definition) is 2. The number of nitrogens with one attached hydrogen (secondary N) is 1. The molecule has 0 spiro atoms. The Balaban J connectivity index is 3.74. The second-order valence-electron chi connectivity index (χ2n) is 4.83. The first-order valence-electron chi connectivity index (χ1n) is 7.08. The number of hydrogen-bond acceptors (Lipinski definition) is 2. The number of carboxylic acids is 1. The van der Waals surface area contributed by atoms with E-state index < -0.39 is 5.97 Å². The largest absolute Gasteiger partial charge is 0.481 e. The van der Waals surface area contributed by atoms with Gasteiger partial charge in [0.1, 0.15) is 0 Å². The van der Waals surface area contributed by atoms with Gasteiger partial charge in [-0.15, -0.1) is 0 Å². The molecule has 0 heterocycles. The molecule has 2 N–H and O–H groups in total. The zero-order valence-corrected chi connectivity index (χ0v) is 11.7. The molecule has 0 rings (SSSR count). The first-order chi connectivity index (χ1) is 8.60. The Morgan fingerprint density at radius 2 is 1.78 bits per heavy atom. The summed E-state index contributed by atoms with van der Waals surface area (Å²) in [5.41, 5.74) is 0. The molecule has 1 unspecified atom stereocenters. The van der Waals surface area contributed by atoms with Crippen molar-refractivity contribution in [2.45, 2.75) is 65.2 Å². The van der Waals surface area contributed by atoms with Crippen LogP contribution in [0.1, 0.15) is 65.2 Å². The highest BCUT2D eigenvalue weighted by Crippen LogP contribution is 2.17.